The molecule has 5 heteroatoms. The second-order valence-electron chi connectivity index (χ2n) is 9.22. The van der Waals surface area contributed by atoms with Crippen molar-refractivity contribution in [1.29, 1.82) is 0 Å². The van der Waals surface area contributed by atoms with E-state index in [2.05, 4.69) is 24.7 Å². The summed E-state index contributed by atoms with van der Waals surface area (Å²) in [4.78, 5) is 25.9. The Labute approximate surface area is 176 Å². The topological polar surface area (TPSA) is 67.4 Å². The lowest BCUT2D eigenvalue weighted by molar-refractivity contribution is -0.164. The Kier molecular flexibility index (Phi) is 10.1. The Balaban J connectivity index is 3.01. The summed E-state index contributed by atoms with van der Waals surface area (Å²) in [6.45, 7) is 14.3. The second-order valence-corrected chi connectivity index (χ2v) is 9.22. The summed E-state index contributed by atoms with van der Waals surface area (Å²) >= 11 is 0. The van der Waals surface area contributed by atoms with Gasteiger partial charge in [-0.3, -0.25) is 15.0 Å². The number of benzene rings is 1. The first-order chi connectivity index (χ1) is 13.5. The Morgan fingerprint density at radius 3 is 2.21 bits per heavy atom. The number of amides is 1. The second kappa shape index (κ2) is 11.8. The minimum absolute atomic E-state index is 0.0153. The minimum Gasteiger partial charge on any atom is -0.460 e. The molecule has 0 aliphatic carbocycles. The summed E-state index contributed by atoms with van der Waals surface area (Å²) in [5.74, 6) is -1.18. The van der Waals surface area contributed by atoms with E-state index < -0.39 is 17.4 Å². The van der Waals surface area contributed by atoms with Crippen molar-refractivity contribution in [1.82, 2.24) is 10.9 Å². The number of rotatable bonds is 10. The fourth-order valence-electron chi connectivity index (χ4n) is 3.06. The van der Waals surface area contributed by atoms with E-state index in [9.17, 15) is 9.59 Å². The van der Waals surface area contributed by atoms with Gasteiger partial charge in [0.2, 0.25) is 5.91 Å². The molecule has 0 aliphatic heterocycles. The Morgan fingerprint density at radius 2 is 1.69 bits per heavy atom. The molecule has 0 heterocycles. The van der Waals surface area contributed by atoms with E-state index in [-0.39, 0.29) is 17.8 Å². The molecule has 29 heavy (non-hydrogen) atoms. The number of esters is 1. The van der Waals surface area contributed by atoms with Gasteiger partial charge in [0, 0.05) is 6.54 Å². The van der Waals surface area contributed by atoms with Crippen molar-refractivity contribution in [3.8, 4) is 0 Å². The predicted molar refractivity (Wildman–Crippen MR) is 119 cm³/mol. The van der Waals surface area contributed by atoms with E-state index >= 15 is 0 Å². The fourth-order valence-corrected chi connectivity index (χ4v) is 3.06. The van der Waals surface area contributed by atoms with Gasteiger partial charge >= 0.3 is 5.97 Å². The van der Waals surface area contributed by atoms with Crippen molar-refractivity contribution in [3.05, 3.63) is 42.0 Å². The van der Waals surface area contributed by atoms with Crippen LogP contribution in [0, 0.1) is 23.7 Å². The highest BCUT2D eigenvalue weighted by molar-refractivity contribution is 5.85. The quantitative estimate of drug-likeness (QED) is 0.443. The van der Waals surface area contributed by atoms with Crippen LogP contribution in [0.3, 0.4) is 0 Å². The van der Waals surface area contributed by atoms with Crippen LogP contribution in [0.5, 0.6) is 0 Å². The Morgan fingerprint density at radius 1 is 1.07 bits per heavy atom. The number of ether oxygens (including phenoxy) is 1. The highest BCUT2D eigenvalue weighted by atomic mass is 16.6. The van der Waals surface area contributed by atoms with Gasteiger partial charge in [-0.1, -0.05) is 70.2 Å². The smallest absolute Gasteiger partial charge is 0.310 e. The summed E-state index contributed by atoms with van der Waals surface area (Å²) in [5.41, 5.74) is 6.21. The maximum atomic E-state index is 13.0. The van der Waals surface area contributed by atoms with E-state index in [1.54, 1.807) is 0 Å². The van der Waals surface area contributed by atoms with Gasteiger partial charge in [0.15, 0.2) is 0 Å². The van der Waals surface area contributed by atoms with Crippen molar-refractivity contribution in [2.75, 3.05) is 6.54 Å². The standard InChI is InChI=1S/C24H38N2O3/c1-17(2)16-25-26-22(27)21(18(3)4)20(23(28)29-24(5,6)7)15-11-14-19-12-9-8-10-13-19/h8-14,17-18,20-21,25H,15-16H2,1-7H3,(H,26,27)/t20-,21+/m0/s1. The summed E-state index contributed by atoms with van der Waals surface area (Å²) in [6, 6.07) is 9.90. The van der Waals surface area contributed by atoms with Gasteiger partial charge in [-0.2, -0.15) is 0 Å². The summed E-state index contributed by atoms with van der Waals surface area (Å²) < 4.78 is 5.65. The minimum atomic E-state index is -0.605. The van der Waals surface area contributed by atoms with Crippen molar-refractivity contribution in [2.45, 2.75) is 60.5 Å². The van der Waals surface area contributed by atoms with Crippen molar-refractivity contribution in [3.63, 3.8) is 0 Å². The largest absolute Gasteiger partial charge is 0.460 e. The molecule has 0 radical (unpaired) electrons. The first-order valence-corrected chi connectivity index (χ1v) is 10.5. The molecule has 0 bridgehead atoms. The van der Waals surface area contributed by atoms with E-state index in [1.165, 1.54) is 0 Å². The molecule has 0 saturated heterocycles. The van der Waals surface area contributed by atoms with Gasteiger partial charge in [0.25, 0.3) is 0 Å². The van der Waals surface area contributed by atoms with Crippen LogP contribution in [0.15, 0.2) is 36.4 Å². The maximum absolute atomic E-state index is 13.0. The summed E-state index contributed by atoms with van der Waals surface area (Å²) in [5, 5.41) is 0. The van der Waals surface area contributed by atoms with Crippen molar-refractivity contribution in [2.24, 2.45) is 23.7 Å². The number of hydrazine groups is 1. The number of hydrogen-bond acceptors (Lipinski definition) is 4. The van der Waals surface area contributed by atoms with Crippen LogP contribution in [0.2, 0.25) is 0 Å². The lowest BCUT2D eigenvalue weighted by Gasteiger charge is -2.30. The molecule has 0 aliphatic rings. The van der Waals surface area contributed by atoms with Gasteiger partial charge in [0.1, 0.15) is 5.60 Å². The maximum Gasteiger partial charge on any atom is 0.310 e. The molecule has 0 aromatic heterocycles. The molecule has 0 spiro atoms. The molecular formula is C24H38N2O3. The lowest BCUT2D eigenvalue weighted by Crippen LogP contribution is -2.48. The number of allylic oxidation sites excluding steroid dienone is 1. The lowest BCUT2D eigenvalue weighted by atomic mass is 9.80. The van der Waals surface area contributed by atoms with Crippen LogP contribution >= 0.6 is 0 Å². The molecule has 0 unspecified atom stereocenters. The Hall–Kier alpha value is -2.14. The summed E-state index contributed by atoms with van der Waals surface area (Å²) in [6.07, 6.45) is 4.36. The first kappa shape index (κ1) is 24.9. The zero-order chi connectivity index (χ0) is 22.0. The van der Waals surface area contributed by atoms with Crippen molar-refractivity contribution >= 4 is 18.0 Å². The predicted octanol–water partition coefficient (Wildman–Crippen LogP) is 4.60. The molecule has 1 rings (SSSR count). The zero-order valence-corrected chi connectivity index (χ0v) is 19.0. The van der Waals surface area contributed by atoms with E-state index in [4.69, 9.17) is 4.74 Å². The van der Waals surface area contributed by atoms with Crippen LogP contribution in [0.1, 0.15) is 60.5 Å². The zero-order valence-electron chi connectivity index (χ0n) is 19.0. The highest BCUT2D eigenvalue weighted by Gasteiger charge is 2.37. The van der Waals surface area contributed by atoms with Crippen LogP contribution < -0.4 is 10.9 Å². The molecular weight excluding hydrogens is 364 g/mol. The molecule has 1 amide bonds. The molecule has 1 aromatic rings. The molecule has 0 fully saturated rings. The van der Waals surface area contributed by atoms with Gasteiger partial charge in [-0.15, -0.1) is 0 Å². The molecule has 5 nitrogen and oxygen atoms in total. The van der Waals surface area contributed by atoms with Crippen LogP contribution in [0.4, 0.5) is 0 Å². The van der Waals surface area contributed by atoms with Crippen LogP contribution in [-0.4, -0.2) is 24.0 Å². The normalized spacial score (nSPS) is 14.2. The Bertz CT molecular complexity index is 660. The van der Waals surface area contributed by atoms with E-state index in [0.29, 0.717) is 18.9 Å². The summed E-state index contributed by atoms with van der Waals surface area (Å²) in [7, 11) is 0. The van der Waals surface area contributed by atoms with Crippen molar-refractivity contribution < 1.29 is 14.3 Å². The number of hydrogen-bond donors (Lipinski definition) is 2. The van der Waals surface area contributed by atoms with Gasteiger partial charge in [-0.05, 0) is 44.6 Å². The van der Waals surface area contributed by atoms with Gasteiger partial charge < -0.3 is 4.74 Å². The molecule has 1 aromatic carbocycles. The molecule has 2 atom stereocenters. The fraction of sp³-hybridized carbons (Fsp3) is 0.583. The van der Waals surface area contributed by atoms with Crippen LogP contribution in [0.25, 0.3) is 6.08 Å². The monoisotopic (exact) mass is 402 g/mol. The van der Waals surface area contributed by atoms with E-state index in [1.807, 2.05) is 77.1 Å². The molecule has 2 N–H and O–H groups in total. The SMILES string of the molecule is CC(C)CNNC(=O)[C@H](C(C)C)[C@H](CC=Cc1ccccc1)C(=O)OC(C)(C)C. The van der Waals surface area contributed by atoms with E-state index in [0.717, 1.165) is 5.56 Å². The third-order valence-corrected chi connectivity index (χ3v) is 4.39. The van der Waals surface area contributed by atoms with Gasteiger partial charge in [-0.25, -0.2) is 5.43 Å². The number of nitrogens with one attached hydrogen (secondary N) is 2. The number of carbonyl (C=O) groups is 2. The third-order valence-electron chi connectivity index (χ3n) is 4.39. The number of carbonyl (C=O) groups excluding carboxylic acids is 2. The van der Waals surface area contributed by atoms with Gasteiger partial charge in [0.05, 0.1) is 11.8 Å². The van der Waals surface area contributed by atoms with Crippen LogP contribution in [-0.2, 0) is 14.3 Å². The third kappa shape index (κ3) is 9.75. The molecule has 0 saturated carbocycles. The first-order valence-electron chi connectivity index (χ1n) is 10.5. The highest BCUT2D eigenvalue weighted by Crippen LogP contribution is 2.28. The average molecular weight is 403 g/mol. The molecule has 162 valence electrons. The average Bonchev–Trinajstić information content (AvgIpc) is 2.59.